The molecule has 0 saturated carbocycles. The van der Waals surface area contributed by atoms with E-state index >= 15 is 4.39 Å². The average Bonchev–Trinajstić information content (AvgIpc) is 3.45. The van der Waals surface area contributed by atoms with Gasteiger partial charge in [-0.1, -0.05) is 68.2 Å². The number of aromatic nitrogens is 2. The van der Waals surface area contributed by atoms with Crippen LogP contribution in [-0.2, 0) is 16.9 Å². The first kappa shape index (κ1) is 27.6. The second-order valence-corrected chi connectivity index (χ2v) is 11.8. The maximum absolute atomic E-state index is 15.6. The molecule has 0 radical (unpaired) electrons. The van der Waals surface area contributed by atoms with Crippen molar-refractivity contribution in [1.82, 2.24) is 20.2 Å². The number of imidazole rings is 1. The fourth-order valence-electron chi connectivity index (χ4n) is 5.33. The lowest BCUT2D eigenvalue weighted by Crippen LogP contribution is -2.52. The Morgan fingerprint density at radius 2 is 1.95 bits per heavy atom. The Balaban J connectivity index is 1.72. The molecule has 1 fully saturated rings. The second kappa shape index (κ2) is 11.1. The minimum absolute atomic E-state index is 0.00489. The molecule has 1 saturated heterocycles. The van der Waals surface area contributed by atoms with Gasteiger partial charge < -0.3 is 20.9 Å². The zero-order valence-corrected chi connectivity index (χ0v) is 22.9. The lowest BCUT2D eigenvalue weighted by molar-refractivity contribution is -0.123. The monoisotopic (exact) mass is 545 g/mol. The molecule has 0 spiro atoms. The summed E-state index contributed by atoms with van der Waals surface area (Å²) in [6, 6.07) is 11.0. The molecule has 3 aromatic rings. The predicted octanol–water partition coefficient (Wildman–Crippen LogP) is 5.25. The van der Waals surface area contributed by atoms with Crippen LogP contribution >= 0.6 is 23.2 Å². The van der Waals surface area contributed by atoms with Crippen molar-refractivity contribution in [3.05, 3.63) is 88.2 Å². The van der Waals surface area contributed by atoms with E-state index < -0.39 is 23.3 Å². The van der Waals surface area contributed by atoms with Gasteiger partial charge in [-0.3, -0.25) is 4.79 Å². The number of amides is 1. The van der Waals surface area contributed by atoms with E-state index in [1.165, 1.54) is 6.07 Å². The summed E-state index contributed by atoms with van der Waals surface area (Å²) in [4.78, 5) is 17.7. The van der Waals surface area contributed by atoms with E-state index in [4.69, 9.17) is 28.9 Å². The van der Waals surface area contributed by atoms with Crippen LogP contribution in [0.5, 0.6) is 0 Å². The number of carbonyl (C=O) groups is 1. The Kier molecular flexibility index (Phi) is 8.29. The van der Waals surface area contributed by atoms with E-state index in [2.05, 4.69) is 36.4 Å². The molecule has 37 heavy (non-hydrogen) atoms. The summed E-state index contributed by atoms with van der Waals surface area (Å²) >= 11 is 12.4. The van der Waals surface area contributed by atoms with Gasteiger partial charge in [0.25, 0.3) is 0 Å². The molecule has 198 valence electrons. The SMILES string of the molecule is CC(C)(C)CC1NC(C(=O)NCCCn2ccnc2)C(c2cccc(Cl)c2F)C1(N)c1ccc(Cl)cc1. The summed E-state index contributed by atoms with van der Waals surface area (Å²) < 4.78 is 17.5. The lowest BCUT2D eigenvalue weighted by Gasteiger charge is -2.39. The Morgan fingerprint density at radius 1 is 1.22 bits per heavy atom. The van der Waals surface area contributed by atoms with Gasteiger partial charge in [0, 0.05) is 42.5 Å². The van der Waals surface area contributed by atoms with Crippen LogP contribution in [0.4, 0.5) is 4.39 Å². The van der Waals surface area contributed by atoms with Crippen molar-refractivity contribution in [2.75, 3.05) is 6.54 Å². The summed E-state index contributed by atoms with van der Waals surface area (Å²) in [5.41, 5.74) is 7.19. The second-order valence-electron chi connectivity index (χ2n) is 11.0. The summed E-state index contributed by atoms with van der Waals surface area (Å²) in [5, 5.41) is 7.11. The summed E-state index contributed by atoms with van der Waals surface area (Å²) in [5.74, 6) is -1.50. The maximum atomic E-state index is 15.6. The Bertz CT molecular complexity index is 1210. The minimum atomic E-state index is -1.11. The van der Waals surface area contributed by atoms with Crippen LogP contribution < -0.4 is 16.4 Å². The summed E-state index contributed by atoms with van der Waals surface area (Å²) in [6.45, 7) is 7.55. The quantitative estimate of drug-likeness (QED) is 0.337. The molecule has 1 aliphatic rings. The highest BCUT2D eigenvalue weighted by atomic mass is 35.5. The number of hydrogen-bond donors (Lipinski definition) is 3. The number of hydrogen-bond acceptors (Lipinski definition) is 4. The van der Waals surface area contributed by atoms with E-state index in [-0.39, 0.29) is 22.4 Å². The van der Waals surface area contributed by atoms with Crippen LogP contribution in [0.25, 0.3) is 0 Å². The van der Waals surface area contributed by atoms with Gasteiger partial charge in [0.05, 0.1) is 22.9 Å². The summed E-state index contributed by atoms with van der Waals surface area (Å²) in [7, 11) is 0. The van der Waals surface area contributed by atoms with Crippen LogP contribution in [-0.4, -0.2) is 34.1 Å². The van der Waals surface area contributed by atoms with Gasteiger partial charge in [0.2, 0.25) is 5.91 Å². The number of benzene rings is 2. The molecule has 2 heterocycles. The zero-order valence-electron chi connectivity index (χ0n) is 21.3. The van der Waals surface area contributed by atoms with Crippen molar-refractivity contribution < 1.29 is 9.18 Å². The molecule has 1 aliphatic heterocycles. The molecule has 9 heteroatoms. The standard InChI is InChI=1S/C28H34Cl2FN5O/c1-27(2,3)16-22-28(32,18-8-10-19(29)11-9-18)23(20-6-4-7-21(30)24(20)31)25(35-22)26(37)34-12-5-14-36-15-13-33-17-36/h4,6-11,13,15,17,22-23,25,35H,5,12,14,16,32H2,1-3H3,(H,34,37). The van der Waals surface area contributed by atoms with Crippen molar-refractivity contribution in [3.63, 3.8) is 0 Å². The number of aryl methyl sites for hydroxylation is 1. The number of nitrogens with one attached hydrogen (secondary N) is 2. The Labute approximate surface area is 227 Å². The van der Waals surface area contributed by atoms with Crippen LogP contribution in [0.2, 0.25) is 10.0 Å². The van der Waals surface area contributed by atoms with Crippen molar-refractivity contribution in [2.24, 2.45) is 11.1 Å². The molecule has 0 bridgehead atoms. The Morgan fingerprint density at radius 3 is 2.59 bits per heavy atom. The fraction of sp³-hybridized carbons (Fsp3) is 0.429. The highest BCUT2D eigenvalue weighted by Gasteiger charge is 2.57. The highest BCUT2D eigenvalue weighted by molar-refractivity contribution is 6.31. The molecule has 0 aliphatic carbocycles. The lowest BCUT2D eigenvalue weighted by atomic mass is 9.68. The molecule has 6 nitrogen and oxygen atoms in total. The van der Waals surface area contributed by atoms with E-state index in [0.717, 1.165) is 18.5 Å². The van der Waals surface area contributed by atoms with Gasteiger partial charge in [-0.05, 0) is 47.6 Å². The average molecular weight is 547 g/mol. The molecule has 1 aromatic heterocycles. The maximum Gasteiger partial charge on any atom is 0.237 e. The molecule has 4 unspecified atom stereocenters. The molecule has 4 N–H and O–H groups in total. The predicted molar refractivity (Wildman–Crippen MR) is 146 cm³/mol. The van der Waals surface area contributed by atoms with E-state index in [1.807, 2.05) is 22.9 Å². The third-order valence-corrected chi connectivity index (χ3v) is 7.56. The number of nitrogens with zero attached hydrogens (tertiary/aromatic N) is 2. The molecule has 4 rings (SSSR count). The third-order valence-electron chi connectivity index (χ3n) is 7.02. The first-order valence-corrected chi connectivity index (χ1v) is 13.2. The number of nitrogens with two attached hydrogens (primary N) is 1. The molecule has 2 aromatic carbocycles. The number of rotatable bonds is 8. The van der Waals surface area contributed by atoms with Gasteiger partial charge in [-0.25, -0.2) is 9.37 Å². The molecule has 1 amide bonds. The van der Waals surface area contributed by atoms with Gasteiger partial charge in [0.1, 0.15) is 5.82 Å². The first-order chi connectivity index (χ1) is 17.5. The fourth-order valence-corrected chi connectivity index (χ4v) is 5.64. The molecular weight excluding hydrogens is 512 g/mol. The zero-order chi connectivity index (χ0) is 26.8. The van der Waals surface area contributed by atoms with Gasteiger partial charge in [-0.2, -0.15) is 0 Å². The van der Waals surface area contributed by atoms with Crippen LogP contribution in [0.3, 0.4) is 0 Å². The van der Waals surface area contributed by atoms with Crippen molar-refractivity contribution in [1.29, 1.82) is 0 Å². The van der Waals surface area contributed by atoms with Crippen molar-refractivity contribution in [2.45, 2.75) is 63.7 Å². The van der Waals surface area contributed by atoms with E-state index in [1.54, 1.807) is 36.8 Å². The van der Waals surface area contributed by atoms with E-state index in [9.17, 15) is 4.79 Å². The largest absolute Gasteiger partial charge is 0.355 e. The van der Waals surface area contributed by atoms with E-state index in [0.29, 0.717) is 23.6 Å². The van der Waals surface area contributed by atoms with Gasteiger partial charge in [-0.15, -0.1) is 0 Å². The van der Waals surface area contributed by atoms with Crippen molar-refractivity contribution >= 4 is 29.1 Å². The molecular formula is C28H34Cl2FN5O. The highest BCUT2D eigenvalue weighted by Crippen LogP contribution is 2.49. The smallest absolute Gasteiger partial charge is 0.237 e. The number of carbonyl (C=O) groups excluding carboxylic acids is 1. The molecule has 4 atom stereocenters. The van der Waals surface area contributed by atoms with Crippen LogP contribution in [0, 0.1) is 11.2 Å². The van der Waals surface area contributed by atoms with Gasteiger partial charge >= 0.3 is 0 Å². The minimum Gasteiger partial charge on any atom is -0.355 e. The topological polar surface area (TPSA) is 85.0 Å². The van der Waals surface area contributed by atoms with Crippen molar-refractivity contribution in [3.8, 4) is 0 Å². The van der Waals surface area contributed by atoms with Crippen LogP contribution in [0.15, 0.2) is 61.2 Å². The van der Waals surface area contributed by atoms with Crippen LogP contribution in [0.1, 0.15) is 50.7 Å². The third kappa shape index (κ3) is 6.01. The first-order valence-electron chi connectivity index (χ1n) is 12.5. The number of halogens is 3. The Hall–Kier alpha value is -2.45. The van der Waals surface area contributed by atoms with Gasteiger partial charge in [0.15, 0.2) is 0 Å². The summed E-state index contributed by atoms with van der Waals surface area (Å²) in [6.07, 6.45) is 6.73. The normalized spacial score (nSPS) is 23.8.